The molecule has 0 bridgehead atoms. The van der Waals surface area contributed by atoms with E-state index in [1.54, 1.807) is 18.5 Å². The lowest BCUT2D eigenvalue weighted by atomic mass is 10.1. The number of nitrogens with zero attached hydrogens (tertiary/aromatic N) is 4. The maximum atomic E-state index is 12.9. The third-order valence-corrected chi connectivity index (χ3v) is 2.99. The molecular formula is C13H11FN4. The number of fused-ring (bicyclic) bond motifs is 1. The Morgan fingerprint density at radius 2 is 1.89 bits per heavy atom. The van der Waals surface area contributed by atoms with Crippen molar-refractivity contribution in [1.29, 1.82) is 0 Å². The van der Waals surface area contributed by atoms with Crippen molar-refractivity contribution in [3.8, 4) is 11.5 Å². The number of halogens is 1. The van der Waals surface area contributed by atoms with Crippen molar-refractivity contribution in [3.63, 3.8) is 0 Å². The normalized spacial score (nSPS) is 12.8. The van der Waals surface area contributed by atoms with Gasteiger partial charge in [-0.25, -0.2) is 19.3 Å². The molecule has 0 amide bonds. The van der Waals surface area contributed by atoms with Gasteiger partial charge in [0.05, 0.1) is 12.4 Å². The highest BCUT2D eigenvalue weighted by Gasteiger charge is 2.11. The van der Waals surface area contributed by atoms with Crippen molar-refractivity contribution in [2.24, 2.45) is 0 Å². The molecule has 5 heteroatoms. The van der Waals surface area contributed by atoms with E-state index in [0.29, 0.717) is 5.82 Å². The van der Waals surface area contributed by atoms with E-state index in [4.69, 9.17) is 0 Å². The van der Waals surface area contributed by atoms with Crippen LogP contribution in [0.15, 0.2) is 43.1 Å². The van der Waals surface area contributed by atoms with Crippen molar-refractivity contribution < 1.29 is 4.39 Å². The SMILES string of the molecule is CC(c1ccc(F)cc1)n1cnc2ncnc-2c1. The smallest absolute Gasteiger partial charge is 0.182 e. The van der Waals surface area contributed by atoms with Gasteiger partial charge in [0.25, 0.3) is 0 Å². The third kappa shape index (κ3) is 1.84. The van der Waals surface area contributed by atoms with Gasteiger partial charge in [-0.05, 0) is 24.6 Å². The largest absolute Gasteiger partial charge is 0.329 e. The van der Waals surface area contributed by atoms with Crippen LogP contribution in [-0.4, -0.2) is 19.5 Å². The molecule has 0 radical (unpaired) electrons. The molecule has 4 nitrogen and oxygen atoms in total. The molecule has 3 rings (SSSR count). The number of hydrogen-bond acceptors (Lipinski definition) is 3. The molecule has 18 heavy (non-hydrogen) atoms. The summed E-state index contributed by atoms with van der Waals surface area (Å²) < 4.78 is 14.8. The summed E-state index contributed by atoms with van der Waals surface area (Å²) in [6.07, 6.45) is 5.10. The van der Waals surface area contributed by atoms with Gasteiger partial charge in [-0.2, -0.15) is 0 Å². The fourth-order valence-electron chi connectivity index (χ4n) is 1.88. The zero-order chi connectivity index (χ0) is 12.5. The van der Waals surface area contributed by atoms with E-state index < -0.39 is 0 Å². The van der Waals surface area contributed by atoms with Gasteiger partial charge in [-0.1, -0.05) is 12.1 Å². The van der Waals surface area contributed by atoms with Gasteiger partial charge in [-0.15, -0.1) is 0 Å². The Hall–Kier alpha value is -2.30. The molecule has 0 N–H and O–H groups in total. The molecule has 0 saturated heterocycles. The standard InChI is InChI=1S/C13H11FN4/c1-9(10-2-4-11(14)5-3-10)18-6-12-13(17-8-18)16-7-15-12/h2-9H,1H3. The van der Waals surface area contributed by atoms with Crippen LogP contribution < -0.4 is 0 Å². The van der Waals surface area contributed by atoms with Crippen LogP contribution in [0.25, 0.3) is 11.5 Å². The summed E-state index contributed by atoms with van der Waals surface area (Å²) in [6, 6.07) is 6.53. The highest BCUT2D eigenvalue weighted by Crippen LogP contribution is 2.20. The second-order valence-corrected chi connectivity index (χ2v) is 4.13. The van der Waals surface area contributed by atoms with Crippen molar-refractivity contribution in [3.05, 3.63) is 54.5 Å². The van der Waals surface area contributed by atoms with Crippen LogP contribution in [-0.2, 0) is 0 Å². The van der Waals surface area contributed by atoms with E-state index in [0.717, 1.165) is 11.3 Å². The zero-order valence-corrected chi connectivity index (χ0v) is 9.79. The van der Waals surface area contributed by atoms with Gasteiger partial charge < -0.3 is 4.57 Å². The summed E-state index contributed by atoms with van der Waals surface area (Å²) in [5.74, 6) is 0.406. The molecular weight excluding hydrogens is 231 g/mol. The third-order valence-electron chi connectivity index (χ3n) is 2.99. The minimum Gasteiger partial charge on any atom is -0.329 e. The average molecular weight is 242 g/mol. The molecule has 1 atom stereocenters. The summed E-state index contributed by atoms with van der Waals surface area (Å²) in [4.78, 5) is 12.4. The first-order chi connectivity index (χ1) is 8.74. The first kappa shape index (κ1) is 10.8. The van der Waals surface area contributed by atoms with E-state index in [1.807, 2.05) is 17.7 Å². The Balaban J connectivity index is 1.99. The van der Waals surface area contributed by atoms with Crippen molar-refractivity contribution in [2.75, 3.05) is 0 Å². The molecule has 90 valence electrons. The lowest BCUT2D eigenvalue weighted by molar-refractivity contribution is 0.608. The summed E-state index contributed by atoms with van der Waals surface area (Å²) in [6.45, 7) is 2.02. The number of aromatic nitrogens is 4. The van der Waals surface area contributed by atoms with Gasteiger partial charge in [0, 0.05) is 6.20 Å². The first-order valence-electron chi connectivity index (χ1n) is 5.64. The molecule has 0 fully saturated rings. The fraction of sp³-hybridized carbons (Fsp3) is 0.154. The van der Waals surface area contributed by atoms with Gasteiger partial charge in [0.1, 0.15) is 17.8 Å². The number of benzene rings is 1. The molecule has 2 aliphatic heterocycles. The van der Waals surface area contributed by atoms with Crippen LogP contribution in [0.4, 0.5) is 4.39 Å². The quantitative estimate of drug-likeness (QED) is 0.693. The van der Waals surface area contributed by atoms with Crippen molar-refractivity contribution in [2.45, 2.75) is 13.0 Å². The lowest BCUT2D eigenvalue weighted by Crippen LogP contribution is -2.08. The number of hydrogen-bond donors (Lipinski definition) is 0. The van der Waals surface area contributed by atoms with Gasteiger partial charge in [-0.3, -0.25) is 0 Å². The topological polar surface area (TPSA) is 43.6 Å². The second-order valence-electron chi connectivity index (χ2n) is 4.13. The van der Waals surface area contributed by atoms with Crippen LogP contribution >= 0.6 is 0 Å². The van der Waals surface area contributed by atoms with Gasteiger partial charge in [0.2, 0.25) is 0 Å². The van der Waals surface area contributed by atoms with Crippen molar-refractivity contribution in [1.82, 2.24) is 19.5 Å². The molecule has 1 aromatic rings. The van der Waals surface area contributed by atoms with E-state index >= 15 is 0 Å². The Bertz CT molecular complexity index is 632. The summed E-state index contributed by atoms with van der Waals surface area (Å²) in [7, 11) is 0. The monoisotopic (exact) mass is 242 g/mol. The minimum absolute atomic E-state index is 0.0687. The summed E-state index contributed by atoms with van der Waals surface area (Å²) >= 11 is 0. The van der Waals surface area contributed by atoms with Gasteiger partial charge >= 0.3 is 0 Å². The lowest BCUT2D eigenvalue weighted by Gasteiger charge is -2.16. The predicted octanol–water partition coefficient (Wildman–Crippen LogP) is 2.53. The highest BCUT2D eigenvalue weighted by atomic mass is 19.1. The van der Waals surface area contributed by atoms with Crippen LogP contribution in [0.2, 0.25) is 0 Å². The molecule has 1 aromatic carbocycles. The fourth-order valence-corrected chi connectivity index (χ4v) is 1.88. The molecule has 0 saturated carbocycles. The minimum atomic E-state index is -0.230. The number of rotatable bonds is 2. The summed E-state index contributed by atoms with van der Waals surface area (Å²) in [5, 5.41) is 0. The molecule has 2 aliphatic rings. The second kappa shape index (κ2) is 4.18. The van der Waals surface area contributed by atoms with Crippen LogP contribution in [0.1, 0.15) is 18.5 Å². The molecule has 1 unspecified atom stereocenters. The Morgan fingerprint density at radius 1 is 1.11 bits per heavy atom. The average Bonchev–Trinajstić information content (AvgIpc) is 2.86. The Kier molecular flexibility index (Phi) is 2.51. The Morgan fingerprint density at radius 3 is 2.67 bits per heavy atom. The van der Waals surface area contributed by atoms with Crippen molar-refractivity contribution >= 4 is 0 Å². The van der Waals surface area contributed by atoms with Crippen LogP contribution in [0.5, 0.6) is 0 Å². The van der Waals surface area contributed by atoms with E-state index in [1.165, 1.54) is 18.5 Å². The van der Waals surface area contributed by atoms with E-state index in [2.05, 4.69) is 15.0 Å². The molecule has 0 aliphatic carbocycles. The maximum absolute atomic E-state index is 12.9. The first-order valence-corrected chi connectivity index (χ1v) is 5.64. The highest BCUT2D eigenvalue weighted by molar-refractivity contribution is 5.47. The van der Waals surface area contributed by atoms with Crippen LogP contribution in [0, 0.1) is 5.82 Å². The molecule has 0 spiro atoms. The maximum Gasteiger partial charge on any atom is 0.182 e. The van der Waals surface area contributed by atoms with Crippen LogP contribution in [0.3, 0.4) is 0 Å². The molecule has 0 aromatic heterocycles. The zero-order valence-electron chi connectivity index (χ0n) is 9.79. The van der Waals surface area contributed by atoms with E-state index in [-0.39, 0.29) is 11.9 Å². The van der Waals surface area contributed by atoms with E-state index in [9.17, 15) is 4.39 Å². The Labute approximate surface area is 103 Å². The summed E-state index contributed by atoms with van der Waals surface area (Å²) in [5.41, 5.74) is 1.77. The van der Waals surface area contributed by atoms with Gasteiger partial charge in [0.15, 0.2) is 5.82 Å². The number of imidazole rings is 1. The predicted molar refractivity (Wildman–Crippen MR) is 64.7 cm³/mol. The molecule has 2 heterocycles.